The highest BCUT2D eigenvalue weighted by atomic mass is 32.1. The Balaban J connectivity index is 1.74. The fourth-order valence-corrected chi connectivity index (χ4v) is 10.4. The average Bonchev–Trinajstić information content (AvgIpc) is 3.76. The number of hydroxylamine groups is 3. The number of ether oxygens (including phenoxy) is 6. The van der Waals surface area contributed by atoms with E-state index in [1.54, 1.807) is 72.9 Å². The Morgan fingerprint density at radius 1 is 0.969 bits per heavy atom. The fraction of sp³-hybridized carbons (Fsp3) is 0.889. The van der Waals surface area contributed by atoms with Crippen LogP contribution in [0.15, 0.2) is 16.7 Å². The number of methoxy groups -OCH3 is 1. The fourth-order valence-electron chi connectivity index (χ4n) is 9.77. The van der Waals surface area contributed by atoms with E-state index in [4.69, 9.17) is 33.3 Å². The second-order valence-corrected chi connectivity index (χ2v) is 20.7. The Bertz CT molecular complexity index is 1640. The second kappa shape index (κ2) is 23.5. The number of aromatic nitrogens is 1. The van der Waals surface area contributed by atoms with Gasteiger partial charge in [-0.2, -0.15) is 0 Å². The van der Waals surface area contributed by atoms with Crippen LogP contribution < -0.4 is 10.6 Å². The van der Waals surface area contributed by atoms with Crippen molar-refractivity contribution >= 4 is 23.0 Å². The number of hydrogen-bond donors (Lipinski definition) is 7. The van der Waals surface area contributed by atoms with Crippen LogP contribution in [-0.4, -0.2) is 179 Å². The summed E-state index contributed by atoms with van der Waals surface area (Å²) in [4.78, 5) is 24.6. The van der Waals surface area contributed by atoms with Crippen molar-refractivity contribution in [2.45, 2.75) is 186 Å². The molecule has 4 rings (SSSR count). The number of oxime groups is 1. The first-order chi connectivity index (χ1) is 30.3. The molecule has 376 valence electrons. The number of cyclic esters (lactones) is 1. The number of nitrogens with one attached hydrogen (secondary N) is 2. The molecule has 7 N–H and O–H groups in total. The van der Waals surface area contributed by atoms with E-state index in [1.165, 1.54) is 28.1 Å². The standard InChI is InChI=1S/C45H81N5O14S/c1-14-32-45(10,56)38(52)27(4)35(49-59-19-17-46-15-16-47-24-33-48-18-20-65-33)25(2)22-43(8,55)40(64-42-36(51)31(50(11,12)57)21-26(3)60-42)28(5)37(29(6)41(54)62-32)63-34-23-44(9,58-13)39(53)30(7)61-34/h18,20,25-32,34,36-40,42,46-47,51-53,55-56H,14-17,19,21-24H2,1-13H3/b49-35+/t25-,26-,27+,28+,29-,30+,31?,32-,34+,36+,37+,38+,39-,40+,42+,43-,44-,45-/m1/s1. The highest BCUT2D eigenvalue weighted by Gasteiger charge is 2.54. The number of hydrogen-bond acceptors (Lipinski definition) is 19. The van der Waals surface area contributed by atoms with Gasteiger partial charge in [0.2, 0.25) is 0 Å². The Morgan fingerprint density at radius 3 is 2.26 bits per heavy atom. The van der Waals surface area contributed by atoms with Gasteiger partial charge in [0, 0.05) is 75.5 Å². The molecule has 0 amide bonds. The van der Waals surface area contributed by atoms with Crippen molar-refractivity contribution < 1.29 is 68.2 Å². The van der Waals surface area contributed by atoms with Crippen LogP contribution in [-0.2, 0) is 44.6 Å². The van der Waals surface area contributed by atoms with E-state index in [9.17, 15) is 35.5 Å². The molecule has 20 heteroatoms. The summed E-state index contributed by atoms with van der Waals surface area (Å²) in [6.07, 6.45) is -9.03. The summed E-state index contributed by atoms with van der Waals surface area (Å²) in [5, 5.41) is 87.1. The van der Waals surface area contributed by atoms with Crippen molar-refractivity contribution in [3.8, 4) is 0 Å². The summed E-state index contributed by atoms with van der Waals surface area (Å²) >= 11 is 1.58. The van der Waals surface area contributed by atoms with Crippen molar-refractivity contribution in [3.05, 3.63) is 21.8 Å². The third-order valence-electron chi connectivity index (χ3n) is 13.8. The van der Waals surface area contributed by atoms with E-state index >= 15 is 0 Å². The number of rotatable bonds is 16. The molecule has 19 nitrogen and oxygen atoms in total. The van der Waals surface area contributed by atoms with E-state index in [0.717, 1.165) is 5.01 Å². The number of aliphatic hydroxyl groups is 5. The van der Waals surface area contributed by atoms with Gasteiger partial charge in [0.15, 0.2) is 18.7 Å². The van der Waals surface area contributed by atoms with E-state index < -0.39 is 119 Å². The largest absolute Gasteiger partial charge is 0.633 e. The molecule has 4 heterocycles. The SMILES string of the molecule is CC[C@H]1OC(=O)[C@H](C)[C@@H](O[C@H]2C[C@@](C)(OC)[C@H](O)[C@H](C)O2)[C@H](C)[C@H](O[C@@H]2O[C@H](C)CC([N+](C)(C)[O-])[C@@H]2O)[C@](C)(O)C[C@@H](C)/C(=N\OCCNCCNCc2nccs2)[C@H](C)[C@H](O)[C@]1(C)O. The minimum Gasteiger partial charge on any atom is -0.633 e. The average molecular weight is 948 g/mol. The number of thiazole rings is 1. The predicted octanol–water partition coefficient (Wildman–Crippen LogP) is 2.44. The molecule has 1 unspecified atom stereocenters. The van der Waals surface area contributed by atoms with Crippen LogP contribution in [0, 0.1) is 28.9 Å². The van der Waals surface area contributed by atoms with Gasteiger partial charge in [-0.15, -0.1) is 11.3 Å². The summed E-state index contributed by atoms with van der Waals surface area (Å²) < 4.78 is 36.8. The number of carbonyl (C=O) groups excluding carboxylic acids is 1. The molecule has 0 saturated carbocycles. The quantitative estimate of drug-likeness (QED) is 0.0544. The third kappa shape index (κ3) is 14.1. The highest BCUT2D eigenvalue weighted by Crippen LogP contribution is 2.41. The molecule has 65 heavy (non-hydrogen) atoms. The van der Waals surface area contributed by atoms with Crippen molar-refractivity contribution in [3.63, 3.8) is 0 Å². The van der Waals surface area contributed by atoms with E-state index in [2.05, 4.69) is 20.8 Å². The first-order valence-corrected chi connectivity index (χ1v) is 24.1. The number of quaternary nitrogens is 1. The molecular weight excluding hydrogens is 867 g/mol. The van der Waals surface area contributed by atoms with Gasteiger partial charge >= 0.3 is 5.97 Å². The maximum Gasteiger partial charge on any atom is 0.311 e. The van der Waals surface area contributed by atoms with Crippen molar-refractivity contribution in [2.24, 2.45) is 28.8 Å². The van der Waals surface area contributed by atoms with Gasteiger partial charge in [0.25, 0.3) is 0 Å². The molecule has 1 aromatic rings. The molecule has 18 atom stereocenters. The van der Waals surface area contributed by atoms with Crippen LogP contribution in [0.1, 0.15) is 99.9 Å². The number of nitrogens with zero attached hydrogens (tertiary/aromatic N) is 3. The molecule has 3 fully saturated rings. The van der Waals surface area contributed by atoms with Gasteiger partial charge in [-0.3, -0.25) is 4.79 Å². The molecular formula is C45H81N5O14S. The normalized spacial score (nSPS) is 42.4. The zero-order valence-corrected chi connectivity index (χ0v) is 41.7. The van der Waals surface area contributed by atoms with Crippen LogP contribution >= 0.6 is 11.3 Å². The van der Waals surface area contributed by atoms with Crippen molar-refractivity contribution in [1.29, 1.82) is 0 Å². The minimum absolute atomic E-state index is 0.0645. The summed E-state index contributed by atoms with van der Waals surface area (Å²) in [6.45, 7) is 19.4. The number of aliphatic hydroxyl groups excluding tert-OH is 3. The molecule has 0 bridgehead atoms. The van der Waals surface area contributed by atoms with E-state index in [1.807, 2.05) is 12.3 Å². The number of esters is 1. The molecule has 3 aliphatic heterocycles. The summed E-state index contributed by atoms with van der Waals surface area (Å²) in [7, 11) is 4.36. The van der Waals surface area contributed by atoms with Crippen molar-refractivity contribution in [2.75, 3.05) is 47.4 Å². The second-order valence-electron chi connectivity index (χ2n) is 19.7. The van der Waals surface area contributed by atoms with Gasteiger partial charge in [-0.1, -0.05) is 32.9 Å². The molecule has 0 aromatic carbocycles. The highest BCUT2D eigenvalue weighted by molar-refractivity contribution is 7.09. The molecule has 3 saturated heterocycles. The van der Waals surface area contributed by atoms with E-state index in [-0.39, 0.29) is 32.3 Å². The third-order valence-corrected chi connectivity index (χ3v) is 14.6. The number of likely N-dealkylation sites (N-methyl/N-ethyl adjacent to an activating group) is 1. The van der Waals surface area contributed by atoms with Gasteiger partial charge in [0.1, 0.15) is 35.5 Å². The smallest absolute Gasteiger partial charge is 0.311 e. The van der Waals surface area contributed by atoms with Crippen LogP contribution in [0.5, 0.6) is 0 Å². The Labute approximate surface area is 389 Å². The van der Waals surface area contributed by atoms with Gasteiger partial charge in [-0.25, -0.2) is 4.98 Å². The molecule has 0 spiro atoms. The molecule has 0 aliphatic carbocycles. The topological polar surface area (TPSA) is 255 Å². The lowest BCUT2D eigenvalue weighted by molar-refractivity contribution is -0.874. The molecule has 1 aromatic heterocycles. The summed E-state index contributed by atoms with van der Waals surface area (Å²) in [6, 6.07) is -0.830. The zero-order chi connectivity index (χ0) is 48.7. The lowest BCUT2D eigenvalue weighted by Crippen LogP contribution is -2.63. The molecule has 3 aliphatic rings. The first-order valence-electron chi connectivity index (χ1n) is 23.2. The molecule has 0 radical (unpaired) electrons. The summed E-state index contributed by atoms with van der Waals surface area (Å²) in [5.74, 6) is -4.31. The van der Waals surface area contributed by atoms with Gasteiger partial charge in [0.05, 0.1) is 67.4 Å². The van der Waals surface area contributed by atoms with E-state index in [0.29, 0.717) is 31.9 Å². The van der Waals surface area contributed by atoms with Crippen LogP contribution in [0.4, 0.5) is 0 Å². The Kier molecular flexibility index (Phi) is 20.1. The predicted molar refractivity (Wildman–Crippen MR) is 243 cm³/mol. The summed E-state index contributed by atoms with van der Waals surface area (Å²) in [5.41, 5.74) is -4.58. The Hall–Kier alpha value is -1.99. The lowest BCUT2D eigenvalue weighted by Gasteiger charge is -2.51. The maximum absolute atomic E-state index is 14.4. The number of carbonyl (C=O) groups is 1. The van der Waals surface area contributed by atoms with Crippen LogP contribution in [0.3, 0.4) is 0 Å². The Morgan fingerprint density at radius 2 is 1.65 bits per heavy atom. The van der Waals surface area contributed by atoms with Crippen molar-refractivity contribution in [1.82, 2.24) is 15.6 Å². The van der Waals surface area contributed by atoms with Crippen LogP contribution in [0.25, 0.3) is 0 Å². The van der Waals surface area contributed by atoms with Crippen LogP contribution in [0.2, 0.25) is 0 Å². The zero-order valence-electron chi connectivity index (χ0n) is 40.8. The monoisotopic (exact) mass is 948 g/mol. The minimum atomic E-state index is -1.98. The van der Waals surface area contributed by atoms with Gasteiger partial charge in [-0.05, 0) is 54.4 Å². The first kappa shape index (κ1) is 55.6. The lowest BCUT2D eigenvalue weighted by atomic mass is 9.73. The maximum atomic E-state index is 14.4. The van der Waals surface area contributed by atoms with Gasteiger partial charge < -0.3 is 79.3 Å².